The third-order valence-corrected chi connectivity index (χ3v) is 1.95. The van der Waals surface area contributed by atoms with Crippen LogP contribution in [0.25, 0.3) is 0 Å². The zero-order valence-electron chi connectivity index (χ0n) is 7.49. The first-order valence-electron chi connectivity index (χ1n) is 4.11. The monoisotopic (exact) mass is 173 g/mol. The van der Waals surface area contributed by atoms with Crippen molar-refractivity contribution in [2.45, 2.75) is 0 Å². The van der Waals surface area contributed by atoms with Gasteiger partial charge in [0.25, 0.3) is 0 Å². The second kappa shape index (κ2) is 2.94. The van der Waals surface area contributed by atoms with Crippen LogP contribution in [0.1, 0.15) is 5.56 Å². The molecule has 2 rings (SSSR count). The van der Waals surface area contributed by atoms with E-state index in [0.717, 1.165) is 17.2 Å². The minimum absolute atomic E-state index is 0.735. The highest BCUT2D eigenvalue weighted by Gasteiger charge is 2.14. The molecule has 13 heavy (non-hydrogen) atoms. The van der Waals surface area contributed by atoms with E-state index in [1.54, 1.807) is 5.01 Å². The molecule has 0 unspecified atom stereocenters. The van der Waals surface area contributed by atoms with Crippen molar-refractivity contribution in [3.8, 4) is 0 Å². The van der Waals surface area contributed by atoms with Crippen LogP contribution < -0.4 is 5.43 Å². The lowest BCUT2D eigenvalue weighted by molar-refractivity contribution is 0.395. The summed E-state index contributed by atoms with van der Waals surface area (Å²) < 4.78 is 0. The Balaban J connectivity index is 2.30. The summed E-state index contributed by atoms with van der Waals surface area (Å²) in [5, 5.41) is 1.79. The highest BCUT2D eigenvalue weighted by atomic mass is 15.6. The lowest BCUT2D eigenvalue weighted by Gasteiger charge is -2.11. The molecule has 1 aliphatic heterocycles. The van der Waals surface area contributed by atoms with Crippen molar-refractivity contribution in [1.82, 2.24) is 10.4 Å². The van der Waals surface area contributed by atoms with Gasteiger partial charge in [0.1, 0.15) is 5.82 Å². The maximum Gasteiger partial charge on any atom is 0.154 e. The molecule has 0 bridgehead atoms. The highest BCUT2D eigenvalue weighted by Crippen LogP contribution is 2.10. The largest absolute Gasteiger partial charge is 0.280 e. The smallest absolute Gasteiger partial charge is 0.154 e. The average molecular weight is 173 g/mol. The number of amidine groups is 1. The number of hydrogen-bond acceptors (Lipinski definition) is 3. The number of aliphatic imine (C=N–C) groups is 1. The molecule has 1 aliphatic rings. The Morgan fingerprint density at radius 3 is 2.54 bits per heavy atom. The van der Waals surface area contributed by atoms with E-state index in [1.165, 1.54) is 0 Å². The number of hydrazine groups is 1. The minimum atomic E-state index is 0.735. The van der Waals surface area contributed by atoms with Crippen molar-refractivity contribution in [1.29, 1.82) is 0 Å². The van der Waals surface area contributed by atoms with E-state index in [0.29, 0.717) is 0 Å². The summed E-state index contributed by atoms with van der Waals surface area (Å²) in [5.74, 6) is 1.59. The van der Waals surface area contributed by atoms with Gasteiger partial charge in [-0.3, -0.25) is 10.4 Å². The van der Waals surface area contributed by atoms with Crippen LogP contribution in [0.15, 0.2) is 47.7 Å². The number of hydrogen-bond donors (Lipinski definition) is 1. The Labute approximate surface area is 77.4 Å². The predicted octanol–water partition coefficient (Wildman–Crippen LogP) is 1.35. The van der Waals surface area contributed by atoms with Gasteiger partial charge in [-0.1, -0.05) is 36.9 Å². The summed E-state index contributed by atoms with van der Waals surface area (Å²) in [6, 6.07) is 9.98. The summed E-state index contributed by atoms with van der Waals surface area (Å²) in [4.78, 5) is 4.28. The molecule has 0 saturated heterocycles. The van der Waals surface area contributed by atoms with Gasteiger partial charge in [-0.25, -0.2) is 4.99 Å². The predicted molar refractivity (Wildman–Crippen MR) is 53.0 cm³/mol. The summed E-state index contributed by atoms with van der Waals surface area (Å²) in [5.41, 5.74) is 4.18. The molecule has 0 saturated carbocycles. The SMILES string of the molecule is C=C1N=C(c2ccccc2)NN1C. The summed E-state index contributed by atoms with van der Waals surface area (Å²) >= 11 is 0. The van der Waals surface area contributed by atoms with Gasteiger partial charge in [0.05, 0.1) is 0 Å². The molecule has 0 aromatic heterocycles. The van der Waals surface area contributed by atoms with Gasteiger partial charge in [-0.15, -0.1) is 0 Å². The Bertz CT molecular complexity index is 354. The maximum absolute atomic E-state index is 4.28. The summed E-state index contributed by atoms with van der Waals surface area (Å²) in [6.45, 7) is 3.79. The van der Waals surface area contributed by atoms with Gasteiger partial charge < -0.3 is 0 Å². The first kappa shape index (κ1) is 7.86. The van der Waals surface area contributed by atoms with E-state index < -0.39 is 0 Å². The Morgan fingerprint density at radius 2 is 2.00 bits per heavy atom. The number of benzene rings is 1. The van der Waals surface area contributed by atoms with Gasteiger partial charge in [0, 0.05) is 12.6 Å². The van der Waals surface area contributed by atoms with Crippen LogP contribution in [0.4, 0.5) is 0 Å². The standard InChI is InChI=1S/C10H11N3/c1-8-11-10(12-13(8)2)9-6-4-3-5-7-9/h3-7H,1H2,2H3,(H,11,12). The van der Waals surface area contributed by atoms with Crippen LogP contribution in [0.5, 0.6) is 0 Å². The van der Waals surface area contributed by atoms with Crippen LogP contribution in [0, 0.1) is 0 Å². The Morgan fingerprint density at radius 1 is 1.31 bits per heavy atom. The Hall–Kier alpha value is -1.77. The first-order chi connectivity index (χ1) is 6.27. The molecule has 3 nitrogen and oxygen atoms in total. The first-order valence-corrected chi connectivity index (χ1v) is 4.11. The lowest BCUT2D eigenvalue weighted by Crippen LogP contribution is -2.31. The van der Waals surface area contributed by atoms with Gasteiger partial charge in [-0.2, -0.15) is 0 Å². The van der Waals surface area contributed by atoms with Crippen molar-refractivity contribution in [3.05, 3.63) is 48.3 Å². The molecule has 0 aliphatic carbocycles. The molecule has 1 N–H and O–H groups in total. The van der Waals surface area contributed by atoms with Crippen molar-refractivity contribution in [2.75, 3.05) is 7.05 Å². The van der Waals surface area contributed by atoms with Crippen LogP contribution in [-0.4, -0.2) is 17.9 Å². The molecule has 1 aromatic carbocycles. The van der Waals surface area contributed by atoms with E-state index >= 15 is 0 Å². The lowest BCUT2D eigenvalue weighted by atomic mass is 10.2. The average Bonchev–Trinajstić information content (AvgIpc) is 2.49. The van der Waals surface area contributed by atoms with Crippen molar-refractivity contribution < 1.29 is 0 Å². The zero-order chi connectivity index (χ0) is 9.26. The maximum atomic E-state index is 4.28. The molecular weight excluding hydrogens is 162 g/mol. The number of nitrogens with zero attached hydrogens (tertiary/aromatic N) is 2. The van der Waals surface area contributed by atoms with Crippen molar-refractivity contribution >= 4 is 5.84 Å². The highest BCUT2D eigenvalue weighted by molar-refractivity contribution is 6.00. The van der Waals surface area contributed by atoms with E-state index in [2.05, 4.69) is 17.0 Å². The van der Waals surface area contributed by atoms with E-state index in [9.17, 15) is 0 Å². The normalized spacial score (nSPS) is 15.6. The van der Waals surface area contributed by atoms with Gasteiger partial charge >= 0.3 is 0 Å². The molecule has 1 aromatic rings. The van der Waals surface area contributed by atoms with Crippen LogP contribution in [-0.2, 0) is 0 Å². The summed E-state index contributed by atoms with van der Waals surface area (Å²) in [7, 11) is 1.89. The molecule has 3 heteroatoms. The molecule has 0 radical (unpaired) electrons. The van der Waals surface area contributed by atoms with Gasteiger partial charge in [0.2, 0.25) is 0 Å². The van der Waals surface area contributed by atoms with Crippen molar-refractivity contribution in [3.63, 3.8) is 0 Å². The van der Waals surface area contributed by atoms with Gasteiger partial charge in [0.15, 0.2) is 5.84 Å². The zero-order valence-corrected chi connectivity index (χ0v) is 7.49. The molecule has 0 amide bonds. The van der Waals surface area contributed by atoms with Crippen LogP contribution >= 0.6 is 0 Å². The van der Waals surface area contributed by atoms with Crippen LogP contribution in [0.2, 0.25) is 0 Å². The third-order valence-electron chi connectivity index (χ3n) is 1.95. The fourth-order valence-corrected chi connectivity index (χ4v) is 1.18. The topological polar surface area (TPSA) is 27.6 Å². The second-order valence-corrected chi connectivity index (χ2v) is 2.91. The van der Waals surface area contributed by atoms with E-state index in [-0.39, 0.29) is 0 Å². The molecule has 66 valence electrons. The van der Waals surface area contributed by atoms with E-state index in [4.69, 9.17) is 0 Å². The van der Waals surface area contributed by atoms with E-state index in [1.807, 2.05) is 37.4 Å². The fourth-order valence-electron chi connectivity index (χ4n) is 1.18. The quantitative estimate of drug-likeness (QED) is 0.694. The second-order valence-electron chi connectivity index (χ2n) is 2.91. The number of nitrogens with one attached hydrogen (secondary N) is 1. The Kier molecular flexibility index (Phi) is 1.77. The number of rotatable bonds is 1. The minimum Gasteiger partial charge on any atom is -0.280 e. The molecule has 0 spiro atoms. The van der Waals surface area contributed by atoms with Crippen molar-refractivity contribution in [2.24, 2.45) is 4.99 Å². The molecule has 1 heterocycles. The van der Waals surface area contributed by atoms with Gasteiger partial charge in [-0.05, 0) is 0 Å². The summed E-state index contributed by atoms with van der Waals surface area (Å²) in [6.07, 6.45) is 0. The molecule has 0 atom stereocenters. The molecule has 0 fully saturated rings. The fraction of sp³-hybridized carbons (Fsp3) is 0.100. The van der Waals surface area contributed by atoms with Crippen LogP contribution in [0.3, 0.4) is 0 Å². The third kappa shape index (κ3) is 1.40. The molecular formula is C10H11N3.